The molecule has 2 fully saturated rings. The normalized spacial score (nSPS) is 25.9. The van der Waals surface area contributed by atoms with Gasteiger partial charge in [-0.1, -0.05) is 0 Å². The summed E-state index contributed by atoms with van der Waals surface area (Å²) in [5.74, 6) is 0.602. The molecule has 1 amide bonds. The van der Waals surface area contributed by atoms with E-state index in [1.54, 1.807) is 0 Å². The van der Waals surface area contributed by atoms with Crippen LogP contribution >= 0.6 is 0 Å². The molecule has 2 rings (SSSR count). The molecule has 1 N–H and O–H groups in total. The smallest absolute Gasteiger partial charge is 0.227 e. The minimum atomic E-state index is 0.235. The average Bonchev–Trinajstić information content (AvgIpc) is 2.90. The quantitative estimate of drug-likeness (QED) is 0.720. The molecule has 0 spiro atoms. The fraction of sp³-hybridized carbons (Fsp3) is 0.923. The fourth-order valence-corrected chi connectivity index (χ4v) is 2.66. The van der Waals surface area contributed by atoms with E-state index in [9.17, 15) is 4.79 Å². The van der Waals surface area contributed by atoms with Crippen LogP contribution < -0.4 is 5.32 Å². The Balaban J connectivity index is 1.70. The van der Waals surface area contributed by atoms with Crippen molar-refractivity contribution < 1.29 is 4.79 Å². The Kier molecular flexibility index (Phi) is 4.97. The first-order chi connectivity index (χ1) is 8.66. The number of carbonyl (C=O) groups is 1. The zero-order chi connectivity index (χ0) is 13.0. The third kappa shape index (κ3) is 3.67. The summed E-state index contributed by atoms with van der Waals surface area (Å²) >= 11 is 0. The van der Waals surface area contributed by atoms with Crippen LogP contribution in [-0.4, -0.2) is 87.1 Å². The molecule has 0 aromatic rings. The lowest BCUT2D eigenvalue weighted by molar-refractivity contribution is -0.136. The number of likely N-dealkylation sites (N-methyl/N-ethyl adjacent to an activating group) is 1. The highest BCUT2D eigenvalue weighted by atomic mass is 16.2. The Hall–Kier alpha value is -0.650. The highest BCUT2D eigenvalue weighted by molar-refractivity contribution is 5.79. The van der Waals surface area contributed by atoms with Crippen molar-refractivity contribution in [2.75, 3.05) is 66.5 Å². The lowest BCUT2D eigenvalue weighted by Crippen LogP contribution is -2.51. The van der Waals surface area contributed by atoms with Crippen LogP contribution in [0.3, 0.4) is 0 Å². The van der Waals surface area contributed by atoms with Gasteiger partial charge in [-0.05, 0) is 27.1 Å². The number of rotatable bonds is 4. The van der Waals surface area contributed by atoms with Crippen LogP contribution in [0.4, 0.5) is 0 Å². The van der Waals surface area contributed by atoms with Gasteiger partial charge in [0, 0.05) is 45.8 Å². The number of carbonyl (C=O) groups excluding carboxylic acids is 1. The summed E-state index contributed by atoms with van der Waals surface area (Å²) in [4.78, 5) is 19.0. The van der Waals surface area contributed by atoms with Crippen LogP contribution in [0.25, 0.3) is 0 Å². The minimum Gasteiger partial charge on any atom is -0.340 e. The van der Waals surface area contributed by atoms with Crippen molar-refractivity contribution in [1.82, 2.24) is 20.0 Å². The lowest BCUT2D eigenvalue weighted by atomic mass is 10.1. The lowest BCUT2D eigenvalue weighted by Gasteiger charge is -2.36. The summed E-state index contributed by atoms with van der Waals surface area (Å²) in [6.07, 6.45) is 1.01. The molecule has 0 saturated carbocycles. The SMILES string of the molecule is CN(C)CCN1CCN(C(=O)C2CCNC2)CC1. The monoisotopic (exact) mass is 254 g/mol. The molecule has 2 heterocycles. The maximum Gasteiger partial charge on any atom is 0.227 e. The van der Waals surface area contributed by atoms with Crippen molar-refractivity contribution in [3.63, 3.8) is 0 Å². The van der Waals surface area contributed by atoms with E-state index in [4.69, 9.17) is 0 Å². The van der Waals surface area contributed by atoms with Crippen LogP contribution in [-0.2, 0) is 4.79 Å². The Labute approximate surface area is 110 Å². The van der Waals surface area contributed by atoms with E-state index in [0.29, 0.717) is 5.91 Å². The van der Waals surface area contributed by atoms with E-state index < -0.39 is 0 Å². The largest absolute Gasteiger partial charge is 0.340 e. The van der Waals surface area contributed by atoms with Gasteiger partial charge in [0.05, 0.1) is 5.92 Å². The van der Waals surface area contributed by atoms with Gasteiger partial charge in [-0.3, -0.25) is 9.69 Å². The van der Waals surface area contributed by atoms with E-state index in [1.807, 2.05) is 0 Å². The third-order valence-electron chi connectivity index (χ3n) is 3.96. The summed E-state index contributed by atoms with van der Waals surface area (Å²) < 4.78 is 0. The van der Waals surface area contributed by atoms with Gasteiger partial charge in [0.25, 0.3) is 0 Å². The fourth-order valence-electron chi connectivity index (χ4n) is 2.66. The second-order valence-corrected chi connectivity index (χ2v) is 5.66. The number of hydrogen-bond donors (Lipinski definition) is 1. The third-order valence-corrected chi connectivity index (χ3v) is 3.96. The van der Waals surface area contributed by atoms with Gasteiger partial charge in [-0.2, -0.15) is 0 Å². The van der Waals surface area contributed by atoms with Crippen LogP contribution in [0.15, 0.2) is 0 Å². The maximum atomic E-state index is 12.2. The highest BCUT2D eigenvalue weighted by Crippen LogP contribution is 2.13. The summed E-state index contributed by atoms with van der Waals surface area (Å²) in [5.41, 5.74) is 0. The molecular weight excluding hydrogens is 228 g/mol. The molecule has 18 heavy (non-hydrogen) atoms. The van der Waals surface area contributed by atoms with Gasteiger partial charge in [-0.25, -0.2) is 0 Å². The van der Waals surface area contributed by atoms with Gasteiger partial charge in [-0.15, -0.1) is 0 Å². The van der Waals surface area contributed by atoms with Gasteiger partial charge in [0.1, 0.15) is 0 Å². The van der Waals surface area contributed by atoms with E-state index >= 15 is 0 Å². The Morgan fingerprint density at radius 2 is 2.00 bits per heavy atom. The van der Waals surface area contributed by atoms with Crippen molar-refractivity contribution >= 4 is 5.91 Å². The summed E-state index contributed by atoms with van der Waals surface area (Å²) in [5, 5.41) is 3.27. The molecule has 5 nitrogen and oxygen atoms in total. The Bertz CT molecular complexity index is 268. The Morgan fingerprint density at radius 1 is 1.28 bits per heavy atom. The highest BCUT2D eigenvalue weighted by Gasteiger charge is 2.29. The van der Waals surface area contributed by atoms with Gasteiger partial charge < -0.3 is 15.1 Å². The van der Waals surface area contributed by atoms with Crippen LogP contribution in [0, 0.1) is 5.92 Å². The van der Waals surface area contributed by atoms with Gasteiger partial charge >= 0.3 is 0 Å². The second-order valence-electron chi connectivity index (χ2n) is 5.66. The van der Waals surface area contributed by atoms with E-state index in [1.165, 1.54) is 0 Å². The molecule has 104 valence electrons. The van der Waals surface area contributed by atoms with Gasteiger partial charge in [0.2, 0.25) is 5.91 Å². The molecule has 1 unspecified atom stereocenters. The second kappa shape index (κ2) is 6.50. The van der Waals surface area contributed by atoms with Crippen molar-refractivity contribution in [1.29, 1.82) is 0 Å². The minimum absolute atomic E-state index is 0.235. The summed E-state index contributed by atoms with van der Waals surface area (Å²) in [6, 6.07) is 0. The van der Waals surface area contributed by atoms with Crippen molar-refractivity contribution in [2.45, 2.75) is 6.42 Å². The van der Waals surface area contributed by atoms with E-state index in [0.717, 1.165) is 58.8 Å². The molecule has 0 aliphatic carbocycles. The van der Waals surface area contributed by atoms with E-state index in [-0.39, 0.29) is 5.92 Å². The molecule has 2 aliphatic rings. The van der Waals surface area contributed by atoms with Crippen LogP contribution in [0.5, 0.6) is 0 Å². The number of nitrogens with one attached hydrogen (secondary N) is 1. The molecule has 0 radical (unpaired) electrons. The predicted molar refractivity (Wildman–Crippen MR) is 72.6 cm³/mol. The van der Waals surface area contributed by atoms with E-state index in [2.05, 4.69) is 34.1 Å². The van der Waals surface area contributed by atoms with Gasteiger partial charge in [0.15, 0.2) is 0 Å². The van der Waals surface area contributed by atoms with Crippen LogP contribution in [0.2, 0.25) is 0 Å². The van der Waals surface area contributed by atoms with Crippen LogP contribution in [0.1, 0.15) is 6.42 Å². The molecule has 2 saturated heterocycles. The predicted octanol–water partition coefficient (Wildman–Crippen LogP) is -0.698. The molecule has 5 heteroatoms. The number of nitrogens with zero attached hydrogens (tertiary/aromatic N) is 3. The number of piperazine rings is 1. The zero-order valence-electron chi connectivity index (χ0n) is 11.7. The molecular formula is C13H26N4O. The maximum absolute atomic E-state index is 12.2. The first kappa shape index (κ1) is 13.8. The topological polar surface area (TPSA) is 38.8 Å². The summed E-state index contributed by atoms with van der Waals surface area (Å²) in [7, 11) is 4.21. The molecule has 0 aromatic carbocycles. The first-order valence-corrected chi connectivity index (χ1v) is 7.03. The summed E-state index contributed by atoms with van der Waals surface area (Å²) in [6.45, 7) is 7.95. The molecule has 2 aliphatic heterocycles. The number of hydrogen-bond acceptors (Lipinski definition) is 4. The molecule has 0 aromatic heterocycles. The standard InChI is InChI=1S/C13H26N4O/c1-15(2)5-6-16-7-9-17(10-8-16)13(18)12-3-4-14-11-12/h12,14H,3-11H2,1-2H3. The molecule has 0 bridgehead atoms. The Morgan fingerprint density at radius 3 is 2.56 bits per heavy atom. The van der Waals surface area contributed by atoms with Crippen molar-refractivity contribution in [2.24, 2.45) is 5.92 Å². The first-order valence-electron chi connectivity index (χ1n) is 7.03. The average molecular weight is 254 g/mol. The zero-order valence-corrected chi connectivity index (χ0v) is 11.7. The number of amides is 1. The van der Waals surface area contributed by atoms with Crippen molar-refractivity contribution in [3.05, 3.63) is 0 Å². The molecule has 1 atom stereocenters. The van der Waals surface area contributed by atoms with Crippen molar-refractivity contribution in [3.8, 4) is 0 Å².